The molecule has 27 heavy (non-hydrogen) atoms. The number of rotatable bonds is 6. The molecule has 2 aromatic carbocycles. The maximum Gasteiger partial charge on any atom is 0.277 e. The van der Waals surface area contributed by atoms with Crippen molar-refractivity contribution in [3.63, 3.8) is 0 Å². The molecule has 0 saturated heterocycles. The fourth-order valence-corrected chi connectivity index (χ4v) is 5.51. The van der Waals surface area contributed by atoms with Gasteiger partial charge in [-0.25, -0.2) is 5.43 Å². The van der Waals surface area contributed by atoms with E-state index in [0.717, 1.165) is 4.47 Å². The Kier molecular flexibility index (Phi) is 8.60. The van der Waals surface area contributed by atoms with Crippen LogP contribution in [0, 0.1) is 0 Å². The smallest absolute Gasteiger partial charge is 0.277 e. The number of hydrazone groups is 1. The largest absolute Gasteiger partial charge is 0.506 e. The Morgan fingerprint density at radius 3 is 2.52 bits per heavy atom. The number of hydrogen-bond acceptors (Lipinski definition) is 5. The summed E-state index contributed by atoms with van der Waals surface area (Å²) in [5.74, 6) is 0.451. The van der Waals surface area contributed by atoms with Gasteiger partial charge in [0.25, 0.3) is 5.91 Å². The van der Waals surface area contributed by atoms with Gasteiger partial charge in [-0.1, -0.05) is 31.9 Å². The summed E-state index contributed by atoms with van der Waals surface area (Å²) < 4.78 is 13.8. The molecule has 1 amide bonds. The lowest BCUT2D eigenvalue weighted by Crippen LogP contribution is -2.24. The number of methoxy groups -OCH3 is 1. The van der Waals surface area contributed by atoms with Gasteiger partial charge in [0.15, 0.2) is 18.1 Å². The predicted octanol–water partition coefficient (Wildman–Crippen LogP) is 5.74. The van der Waals surface area contributed by atoms with Crippen molar-refractivity contribution in [3.8, 4) is 17.2 Å². The Balaban J connectivity index is 2.02. The van der Waals surface area contributed by atoms with Gasteiger partial charge in [-0.15, -0.1) is 0 Å². The number of halogens is 5. The van der Waals surface area contributed by atoms with Crippen LogP contribution < -0.4 is 14.9 Å². The summed E-state index contributed by atoms with van der Waals surface area (Å²) in [4.78, 5) is 12.0. The summed E-state index contributed by atoms with van der Waals surface area (Å²) in [7, 11) is 1.51. The van der Waals surface area contributed by atoms with Gasteiger partial charge in [0.05, 0.1) is 26.7 Å². The van der Waals surface area contributed by atoms with E-state index in [1.165, 1.54) is 13.3 Å². The van der Waals surface area contributed by atoms with Crippen LogP contribution in [0.5, 0.6) is 17.2 Å². The topological polar surface area (TPSA) is 80.2 Å². The molecule has 2 rings (SSSR count). The molecule has 0 heterocycles. The monoisotopic (exact) mass is 690 g/mol. The van der Waals surface area contributed by atoms with Crippen LogP contribution in [0.2, 0.25) is 0 Å². The molecule has 144 valence electrons. The number of benzene rings is 2. The number of ether oxygens (including phenoxy) is 2. The summed E-state index contributed by atoms with van der Waals surface area (Å²) >= 11 is 16.6. The van der Waals surface area contributed by atoms with Crippen LogP contribution in [0.1, 0.15) is 5.56 Å². The lowest BCUT2D eigenvalue weighted by atomic mass is 10.2. The summed E-state index contributed by atoms with van der Waals surface area (Å²) in [6, 6.07) is 5.18. The highest BCUT2D eigenvalue weighted by Gasteiger charge is 2.14. The van der Waals surface area contributed by atoms with Crippen molar-refractivity contribution in [2.75, 3.05) is 13.7 Å². The molecule has 0 fully saturated rings. The van der Waals surface area contributed by atoms with E-state index in [4.69, 9.17) is 9.47 Å². The second kappa shape index (κ2) is 10.2. The minimum Gasteiger partial charge on any atom is -0.506 e. The summed E-state index contributed by atoms with van der Waals surface area (Å²) in [6.45, 7) is -0.262. The molecule has 0 radical (unpaired) electrons. The number of aromatic hydroxyl groups is 1. The van der Waals surface area contributed by atoms with E-state index in [0.29, 0.717) is 35.0 Å². The zero-order valence-corrected chi connectivity index (χ0v) is 21.5. The van der Waals surface area contributed by atoms with Crippen LogP contribution in [0.25, 0.3) is 0 Å². The average Bonchev–Trinajstić information content (AvgIpc) is 2.61. The van der Waals surface area contributed by atoms with Crippen molar-refractivity contribution in [2.45, 2.75) is 0 Å². The van der Waals surface area contributed by atoms with Crippen LogP contribution in [0.15, 0.2) is 45.7 Å². The molecule has 0 unspecified atom stereocenters. The standard InChI is InChI=1S/C16H11Br5N2O4/c1-26-12-3-7(17)2-11(20)16(12)27-6-13(24)23-22-5-8-9(18)4-10(19)15(25)14(8)21/h2-5,25H,6H2,1H3,(H,23,24)/b22-5+. The van der Waals surface area contributed by atoms with Gasteiger partial charge in [-0.3, -0.25) is 4.79 Å². The van der Waals surface area contributed by atoms with Gasteiger partial charge in [0, 0.05) is 14.5 Å². The van der Waals surface area contributed by atoms with E-state index < -0.39 is 5.91 Å². The Morgan fingerprint density at radius 1 is 1.15 bits per heavy atom. The first-order valence-electron chi connectivity index (χ1n) is 7.08. The maximum absolute atomic E-state index is 12.0. The van der Waals surface area contributed by atoms with E-state index in [9.17, 15) is 9.90 Å². The van der Waals surface area contributed by atoms with Gasteiger partial charge < -0.3 is 14.6 Å². The minimum absolute atomic E-state index is 0.0292. The lowest BCUT2D eigenvalue weighted by Gasteiger charge is -2.12. The number of amides is 1. The highest BCUT2D eigenvalue weighted by atomic mass is 79.9. The van der Waals surface area contributed by atoms with Gasteiger partial charge in [-0.05, 0) is 66.0 Å². The SMILES string of the molecule is COc1cc(Br)cc(Br)c1OCC(=O)N/N=C/c1c(Br)cc(Br)c(O)c1Br. The number of hydrogen-bond donors (Lipinski definition) is 2. The van der Waals surface area contributed by atoms with Gasteiger partial charge >= 0.3 is 0 Å². The number of phenols is 1. The second-order valence-corrected chi connectivity index (χ2v) is 9.19. The maximum atomic E-state index is 12.0. The van der Waals surface area contributed by atoms with Crippen LogP contribution in [0.3, 0.4) is 0 Å². The van der Waals surface area contributed by atoms with Crippen molar-refractivity contribution in [1.82, 2.24) is 5.43 Å². The molecule has 2 N–H and O–H groups in total. The fourth-order valence-electron chi connectivity index (χ4n) is 1.88. The first kappa shape index (κ1) is 22.7. The van der Waals surface area contributed by atoms with E-state index in [1.807, 2.05) is 0 Å². The van der Waals surface area contributed by atoms with Crippen molar-refractivity contribution in [1.29, 1.82) is 0 Å². The summed E-state index contributed by atoms with van der Waals surface area (Å²) in [5.41, 5.74) is 2.93. The van der Waals surface area contributed by atoms with E-state index in [2.05, 4.69) is 90.2 Å². The Labute approximate surface area is 197 Å². The Bertz CT molecular complexity index is 905. The fraction of sp³-hybridized carbons (Fsp3) is 0.125. The lowest BCUT2D eigenvalue weighted by molar-refractivity contribution is -0.123. The van der Waals surface area contributed by atoms with Crippen molar-refractivity contribution in [2.24, 2.45) is 5.10 Å². The number of nitrogens with zero attached hydrogens (tertiary/aromatic N) is 1. The number of phenolic OH excluding ortho intramolecular Hbond substituents is 1. The van der Waals surface area contributed by atoms with Crippen LogP contribution >= 0.6 is 79.6 Å². The zero-order chi connectivity index (χ0) is 20.1. The third-order valence-corrected chi connectivity index (χ3v) is 6.22. The van der Waals surface area contributed by atoms with Crippen molar-refractivity contribution < 1.29 is 19.4 Å². The molecule has 0 aromatic heterocycles. The number of carbonyl (C=O) groups excluding carboxylic acids is 1. The molecule has 6 nitrogen and oxygen atoms in total. The zero-order valence-electron chi connectivity index (χ0n) is 13.5. The second-order valence-electron chi connectivity index (χ2n) is 4.92. The average molecular weight is 695 g/mol. The first-order chi connectivity index (χ1) is 12.7. The predicted molar refractivity (Wildman–Crippen MR) is 121 cm³/mol. The van der Waals surface area contributed by atoms with Gasteiger partial charge in [-0.2, -0.15) is 5.10 Å². The first-order valence-corrected chi connectivity index (χ1v) is 11.0. The Morgan fingerprint density at radius 2 is 1.85 bits per heavy atom. The highest BCUT2D eigenvalue weighted by Crippen LogP contribution is 2.39. The van der Waals surface area contributed by atoms with Crippen LogP contribution in [-0.4, -0.2) is 30.9 Å². The molecule has 0 spiro atoms. The molecule has 0 atom stereocenters. The third kappa shape index (κ3) is 5.93. The number of carbonyl (C=O) groups is 1. The van der Waals surface area contributed by atoms with Gasteiger partial charge in [0.2, 0.25) is 0 Å². The van der Waals surface area contributed by atoms with Crippen molar-refractivity contribution in [3.05, 3.63) is 46.1 Å². The highest BCUT2D eigenvalue weighted by molar-refractivity contribution is 9.12. The molecule has 0 aliphatic rings. The molecule has 0 aliphatic carbocycles. The normalized spacial score (nSPS) is 10.9. The molecule has 2 aromatic rings. The van der Waals surface area contributed by atoms with Crippen LogP contribution in [0.4, 0.5) is 0 Å². The molecule has 0 saturated carbocycles. The van der Waals surface area contributed by atoms with Crippen molar-refractivity contribution >= 4 is 91.8 Å². The molecule has 0 aliphatic heterocycles. The van der Waals surface area contributed by atoms with E-state index in [-0.39, 0.29) is 12.4 Å². The summed E-state index contributed by atoms with van der Waals surface area (Å²) in [5, 5.41) is 13.8. The minimum atomic E-state index is -0.461. The van der Waals surface area contributed by atoms with Crippen LogP contribution in [-0.2, 0) is 4.79 Å². The molecular weight excluding hydrogens is 684 g/mol. The molecule has 0 bridgehead atoms. The number of nitrogens with one attached hydrogen (secondary N) is 1. The van der Waals surface area contributed by atoms with E-state index >= 15 is 0 Å². The third-order valence-electron chi connectivity index (χ3n) is 3.11. The summed E-state index contributed by atoms with van der Waals surface area (Å²) in [6.07, 6.45) is 1.40. The Hall–Kier alpha value is -0.620. The van der Waals surface area contributed by atoms with Gasteiger partial charge in [0.1, 0.15) is 5.75 Å². The molecule has 11 heteroatoms. The quantitative estimate of drug-likeness (QED) is 0.299. The van der Waals surface area contributed by atoms with E-state index in [1.54, 1.807) is 18.2 Å². The molecular formula is C16H11Br5N2O4.